The maximum absolute atomic E-state index is 11.9. The Morgan fingerprint density at radius 2 is 2.20 bits per heavy atom. The van der Waals surface area contributed by atoms with E-state index >= 15 is 0 Å². The molecule has 0 aliphatic rings. The van der Waals surface area contributed by atoms with Crippen molar-refractivity contribution in [3.63, 3.8) is 0 Å². The van der Waals surface area contributed by atoms with E-state index in [1.165, 1.54) is 6.07 Å². The van der Waals surface area contributed by atoms with Gasteiger partial charge in [-0.15, -0.1) is 11.3 Å². The number of nitrogens with one attached hydrogen (secondary N) is 1. The molecule has 0 radical (unpaired) electrons. The highest BCUT2D eigenvalue weighted by molar-refractivity contribution is 9.11. The Hall–Kier alpha value is -0.210. The fourth-order valence-corrected chi connectivity index (χ4v) is 4.62. The zero-order valence-electron chi connectivity index (χ0n) is 11.4. The van der Waals surface area contributed by atoms with Crippen LogP contribution in [0.15, 0.2) is 32.3 Å². The predicted octanol–water partition coefficient (Wildman–Crippen LogP) is 3.29. The Morgan fingerprint density at radius 3 is 2.80 bits per heavy atom. The summed E-state index contributed by atoms with van der Waals surface area (Å²) >= 11 is 4.37. The lowest BCUT2D eigenvalue weighted by atomic mass is 10.2. The predicted molar refractivity (Wildman–Crippen MR) is 86.5 cm³/mol. The third-order valence-corrected chi connectivity index (χ3v) is 6.16. The second-order valence-corrected chi connectivity index (χ2v) is 8.87. The van der Waals surface area contributed by atoms with Gasteiger partial charge in [-0.2, -0.15) is 0 Å². The molecule has 0 fully saturated rings. The average molecular weight is 382 g/mol. The van der Waals surface area contributed by atoms with Gasteiger partial charge in [0.05, 0.1) is 9.89 Å². The van der Waals surface area contributed by atoms with Gasteiger partial charge < -0.3 is 5.11 Å². The third kappa shape index (κ3) is 6.49. The topological polar surface area (TPSA) is 66.4 Å². The molecule has 0 amide bonds. The lowest BCUT2D eigenvalue weighted by Gasteiger charge is -2.09. The third-order valence-electron chi connectivity index (χ3n) is 2.62. The van der Waals surface area contributed by atoms with Crippen LogP contribution < -0.4 is 4.72 Å². The molecule has 7 heteroatoms. The minimum Gasteiger partial charge on any atom is -0.391 e. The second-order valence-electron chi connectivity index (χ2n) is 4.41. The van der Waals surface area contributed by atoms with E-state index in [1.54, 1.807) is 6.07 Å². The molecule has 1 atom stereocenters. The zero-order valence-corrected chi connectivity index (χ0v) is 14.6. The highest BCUT2D eigenvalue weighted by Crippen LogP contribution is 2.25. The number of thiophene rings is 1. The standard InChI is InChI=1S/C13H20BrNO3S2/c1-2-3-4-5-6-7-11(16)10-15-20(17,18)13-9-8-12(14)19-13/h5-6,8-9,11,15-16H,2-4,7,10H2,1H3/t11-/m1/s1. The first-order valence-electron chi connectivity index (χ1n) is 6.53. The summed E-state index contributed by atoms with van der Waals surface area (Å²) in [4.78, 5) is 0. The van der Waals surface area contributed by atoms with Gasteiger partial charge in [0.15, 0.2) is 0 Å². The molecule has 1 rings (SSSR count). The Labute approximate surface area is 133 Å². The van der Waals surface area contributed by atoms with E-state index in [0.29, 0.717) is 6.42 Å². The van der Waals surface area contributed by atoms with Crippen molar-refractivity contribution in [3.05, 3.63) is 28.1 Å². The van der Waals surface area contributed by atoms with E-state index in [2.05, 4.69) is 27.6 Å². The van der Waals surface area contributed by atoms with E-state index in [4.69, 9.17) is 0 Å². The Kier molecular flexibility index (Phi) is 7.98. The van der Waals surface area contributed by atoms with Gasteiger partial charge in [0, 0.05) is 6.54 Å². The van der Waals surface area contributed by atoms with Crippen LogP contribution in [0.4, 0.5) is 0 Å². The van der Waals surface area contributed by atoms with E-state index in [-0.39, 0.29) is 10.8 Å². The minimum atomic E-state index is -3.52. The smallest absolute Gasteiger partial charge is 0.250 e. The molecule has 2 N–H and O–H groups in total. The summed E-state index contributed by atoms with van der Waals surface area (Å²) in [6.07, 6.45) is 6.95. The van der Waals surface area contributed by atoms with Gasteiger partial charge in [-0.3, -0.25) is 0 Å². The molecule has 20 heavy (non-hydrogen) atoms. The van der Waals surface area contributed by atoms with Crippen LogP contribution in [0.1, 0.15) is 32.6 Å². The maximum Gasteiger partial charge on any atom is 0.250 e. The summed E-state index contributed by atoms with van der Waals surface area (Å²) in [5.74, 6) is 0. The van der Waals surface area contributed by atoms with E-state index in [1.807, 2.05) is 12.2 Å². The van der Waals surface area contributed by atoms with Crippen molar-refractivity contribution in [2.45, 2.75) is 42.9 Å². The molecule has 0 bridgehead atoms. The molecule has 0 aliphatic carbocycles. The van der Waals surface area contributed by atoms with Crippen molar-refractivity contribution in [1.82, 2.24) is 4.72 Å². The van der Waals surface area contributed by atoms with E-state index in [0.717, 1.165) is 34.4 Å². The first-order chi connectivity index (χ1) is 9.45. The fourth-order valence-electron chi connectivity index (χ4n) is 1.50. The van der Waals surface area contributed by atoms with Crippen molar-refractivity contribution in [3.8, 4) is 0 Å². The van der Waals surface area contributed by atoms with Gasteiger partial charge in [0.2, 0.25) is 10.0 Å². The van der Waals surface area contributed by atoms with Gasteiger partial charge in [0.1, 0.15) is 4.21 Å². The van der Waals surface area contributed by atoms with Crippen LogP contribution in [-0.4, -0.2) is 26.2 Å². The number of allylic oxidation sites excluding steroid dienone is 1. The number of aliphatic hydroxyl groups excluding tert-OH is 1. The quantitative estimate of drug-likeness (QED) is 0.509. The number of hydrogen-bond acceptors (Lipinski definition) is 4. The molecule has 0 aliphatic heterocycles. The maximum atomic E-state index is 11.9. The summed E-state index contributed by atoms with van der Waals surface area (Å²) in [5.41, 5.74) is 0. The lowest BCUT2D eigenvalue weighted by Crippen LogP contribution is -2.31. The molecule has 0 aromatic carbocycles. The number of halogens is 1. The van der Waals surface area contributed by atoms with Crippen LogP contribution in [0, 0.1) is 0 Å². The van der Waals surface area contributed by atoms with Gasteiger partial charge >= 0.3 is 0 Å². The molecule has 1 aromatic rings. The summed E-state index contributed by atoms with van der Waals surface area (Å²) in [6.45, 7) is 2.15. The molecule has 0 unspecified atom stereocenters. The van der Waals surface area contributed by atoms with E-state index < -0.39 is 16.1 Å². The van der Waals surface area contributed by atoms with Crippen molar-refractivity contribution >= 4 is 37.3 Å². The Morgan fingerprint density at radius 1 is 1.45 bits per heavy atom. The molecule has 0 spiro atoms. The van der Waals surface area contributed by atoms with E-state index in [9.17, 15) is 13.5 Å². The summed E-state index contributed by atoms with van der Waals surface area (Å²) in [7, 11) is -3.52. The molecular weight excluding hydrogens is 362 g/mol. The van der Waals surface area contributed by atoms with Crippen LogP contribution in [0.5, 0.6) is 0 Å². The molecule has 0 saturated heterocycles. The molecule has 1 aromatic heterocycles. The SMILES string of the molecule is CCCCC=CC[C@@H](O)CNS(=O)(=O)c1ccc(Br)s1. The molecular formula is C13H20BrNO3S2. The second kappa shape index (κ2) is 8.94. The van der Waals surface area contributed by atoms with Crippen molar-refractivity contribution in [2.75, 3.05) is 6.54 Å². The minimum absolute atomic E-state index is 0.0238. The molecule has 114 valence electrons. The van der Waals surface area contributed by atoms with Crippen molar-refractivity contribution in [2.24, 2.45) is 0 Å². The van der Waals surface area contributed by atoms with Crippen molar-refractivity contribution < 1.29 is 13.5 Å². The largest absolute Gasteiger partial charge is 0.391 e. The highest BCUT2D eigenvalue weighted by atomic mass is 79.9. The van der Waals surface area contributed by atoms with Gasteiger partial charge in [-0.1, -0.05) is 31.9 Å². The number of sulfonamides is 1. The summed E-state index contributed by atoms with van der Waals surface area (Å²) in [6, 6.07) is 3.22. The van der Waals surface area contributed by atoms with Gasteiger partial charge in [-0.05, 0) is 40.9 Å². The van der Waals surface area contributed by atoms with Crippen molar-refractivity contribution in [1.29, 1.82) is 0 Å². The Bertz CT molecular complexity index is 525. The molecule has 1 heterocycles. The normalized spacial score (nSPS) is 13.9. The number of unbranched alkanes of at least 4 members (excludes halogenated alkanes) is 2. The molecule has 0 saturated carbocycles. The molecule has 4 nitrogen and oxygen atoms in total. The van der Waals surface area contributed by atoms with Crippen LogP contribution in [0.2, 0.25) is 0 Å². The first-order valence-corrected chi connectivity index (χ1v) is 9.63. The number of hydrogen-bond donors (Lipinski definition) is 2. The summed E-state index contributed by atoms with van der Waals surface area (Å²) < 4.78 is 27.3. The summed E-state index contributed by atoms with van der Waals surface area (Å²) in [5, 5.41) is 9.74. The fraction of sp³-hybridized carbons (Fsp3) is 0.538. The zero-order chi connectivity index (χ0) is 15.0. The first kappa shape index (κ1) is 17.8. The average Bonchev–Trinajstić information content (AvgIpc) is 2.84. The van der Waals surface area contributed by atoms with Gasteiger partial charge in [-0.25, -0.2) is 13.1 Å². The monoisotopic (exact) mass is 381 g/mol. The lowest BCUT2D eigenvalue weighted by molar-refractivity contribution is 0.181. The van der Waals surface area contributed by atoms with Crippen LogP contribution in [0.3, 0.4) is 0 Å². The van der Waals surface area contributed by atoms with Crippen LogP contribution in [-0.2, 0) is 10.0 Å². The van der Waals surface area contributed by atoms with Crippen LogP contribution in [0.25, 0.3) is 0 Å². The number of aliphatic hydroxyl groups is 1. The number of rotatable bonds is 9. The Balaban J connectivity index is 2.37. The van der Waals surface area contributed by atoms with Gasteiger partial charge in [0.25, 0.3) is 0 Å². The van der Waals surface area contributed by atoms with Crippen LogP contribution >= 0.6 is 27.3 Å². The highest BCUT2D eigenvalue weighted by Gasteiger charge is 2.17.